The summed E-state index contributed by atoms with van der Waals surface area (Å²) >= 11 is 0. The average molecular weight is 493 g/mol. The van der Waals surface area contributed by atoms with Gasteiger partial charge >= 0.3 is 0 Å². The van der Waals surface area contributed by atoms with E-state index < -0.39 is 17.7 Å². The second-order valence-electron chi connectivity index (χ2n) is 10.8. The van der Waals surface area contributed by atoms with E-state index in [4.69, 9.17) is 0 Å². The SMILES string of the molecule is Cc1ccc(C(O)=C2C(=O)C(=O)N(CCc3c[nH]c4ccccc34)C2c2ccc(C(C)(C)C)cc2)cc1. The number of aromatic amines is 1. The summed E-state index contributed by atoms with van der Waals surface area (Å²) in [5.41, 5.74) is 5.76. The number of aliphatic hydroxyl groups is 1. The van der Waals surface area contributed by atoms with Crippen LogP contribution in [0.4, 0.5) is 0 Å². The number of hydrogen-bond acceptors (Lipinski definition) is 3. The Kier molecular flexibility index (Phi) is 6.24. The highest BCUT2D eigenvalue weighted by Crippen LogP contribution is 2.40. The summed E-state index contributed by atoms with van der Waals surface area (Å²) in [6.45, 7) is 8.75. The number of fused-ring (bicyclic) bond motifs is 1. The first-order valence-corrected chi connectivity index (χ1v) is 12.7. The molecule has 0 radical (unpaired) electrons. The Balaban J connectivity index is 1.57. The van der Waals surface area contributed by atoms with Gasteiger partial charge in [-0.3, -0.25) is 9.59 Å². The first kappa shape index (κ1) is 24.6. The molecule has 0 spiro atoms. The highest BCUT2D eigenvalue weighted by molar-refractivity contribution is 6.46. The lowest BCUT2D eigenvalue weighted by Crippen LogP contribution is -2.31. The van der Waals surface area contributed by atoms with E-state index in [2.05, 4.69) is 31.8 Å². The van der Waals surface area contributed by atoms with E-state index in [0.717, 1.165) is 33.2 Å². The quantitative estimate of drug-likeness (QED) is 0.191. The van der Waals surface area contributed by atoms with Crippen LogP contribution in [0.3, 0.4) is 0 Å². The van der Waals surface area contributed by atoms with Crippen molar-refractivity contribution < 1.29 is 14.7 Å². The molecule has 1 aliphatic rings. The van der Waals surface area contributed by atoms with Crippen molar-refractivity contribution in [1.29, 1.82) is 0 Å². The molecule has 0 saturated carbocycles. The van der Waals surface area contributed by atoms with Crippen molar-refractivity contribution >= 4 is 28.4 Å². The normalized spacial score (nSPS) is 17.6. The summed E-state index contributed by atoms with van der Waals surface area (Å²) in [4.78, 5) is 31.6. The molecule has 4 aromatic rings. The van der Waals surface area contributed by atoms with Crippen molar-refractivity contribution in [3.05, 3.63) is 112 Å². The van der Waals surface area contributed by atoms with Gasteiger partial charge in [0.1, 0.15) is 5.76 Å². The fraction of sp³-hybridized carbons (Fsp3) is 0.250. The number of amides is 1. The van der Waals surface area contributed by atoms with Gasteiger partial charge in [0.25, 0.3) is 11.7 Å². The number of aryl methyl sites for hydroxylation is 1. The number of nitrogens with one attached hydrogen (secondary N) is 1. The summed E-state index contributed by atoms with van der Waals surface area (Å²) < 4.78 is 0. The lowest BCUT2D eigenvalue weighted by Gasteiger charge is -2.26. The third-order valence-corrected chi connectivity index (χ3v) is 7.25. The van der Waals surface area contributed by atoms with Crippen LogP contribution in [0.15, 0.2) is 84.6 Å². The monoisotopic (exact) mass is 492 g/mol. The Morgan fingerprint density at radius 1 is 0.946 bits per heavy atom. The number of carbonyl (C=O) groups excluding carboxylic acids is 2. The number of ketones is 1. The van der Waals surface area contributed by atoms with Gasteiger partial charge in [0.2, 0.25) is 0 Å². The van der Waals surface area contributed by atoms with E-state index in [-0.39, 0.29) is 16.7 Å². The van der Waals surface area contributed by atoms with Gasteiger partial charge in [0, 0.05) is 29.2 Å². The topological polar surface area (TPSA) is 73.4 Å². The number of para-hydroxylation sites is 1. The van der Waals surface area contributed by atoms with Gasteiger partial charge in [-0.05, 0) is 41.5 Å². The molecule has 5 rings (SSSR count). The predicted octanol–water partition coefficient (Wildman–Crippen LogP) is 6.44. The van der Waals surface area contributed by atoms with E-state index in [1.54, 1.807) is 17.0 Å². The Labute approximate surface area is 217 Å². The number of nitrogens with zero attached hydrogens (tertiary/aromatic N) is 1. The Hall–Kier alpha value is -4.12. The number of H-pyrrole nitrogens is 1. The van der Waals surface area contributed by atoms with Gasteiger partial charge in [-0.2, -0.15) is 0 Å². The molecular weight excluding hydrogens is 460 g/mol. The van der Waals surface area contributed by atoms with Crippen LogP contribution in [0, 0.1) is 6.92 Å². The molecule has 1 aliphatic heterocycles. The Morgan fingerprint density at radius 2 is 1.62 bits per heavy atom. The summed E-state index contributed by atoms with van der Waals surface area (Å²) in [7, 11) is 0. The van der Waals surface area contributed by atoms with Gasteiger partial charge in [0.05, 0.1) is 11.6 Å². The number of rotatable bonds is 5. The molecule has 1 amide bonds. The van der Waals surface area contributed by atoms with Gasteiger partial charge < -0.3 is 15.0 Å². The van der Waals surface area contributed by atoms with Crippen molar-refractivity contribution in [2.75, 3.05) is 6.54 Å². The van der Waals surface area contributed by atoms with Crippen LogP contribution in [0.1, 0.15) is 54.6 Å². The summed E-state index contributed by atoms with van der Waals surface area (Å²) in [6.07, 6.45) is 2.54. The van der Waals surface area contributed by atoms with Gasteiger partial charge in [0.15, 0.2) is 0 Å². The molecular formula is C32H32N2O3. The highest BCUT2D eigenvalue weighted by atomic mass is 16.3. The zero-order chi connectivity index (χ0) is 26.3. The van der Waals surface area contributed by atoms with Crippen LogP contribution < -0.4 is 0 Å². The smallest absolute Gasteiger partial charge is 0.295 e. The fourth-order valence-electron chi connectivity index (χ4n) is 5.07. The van der Waals surface area contributed by atoms with Crippen LogP contribution in [0.5, 0.6) is 0 Å². The summed E-state index contributed by atoms with van der Waals surface area (Å²) in [5.74, 6) is -1.38. The van der Waals surface area contributed by atoms with E-state index >= 15 is 0 Å². The van der Waals surface area contributed by atoms with E-state index in [9.17, 15) is 14.7 Å². The van der Waals surface area contributed by atoms with Crippen molar-refractivity contribution in [3.8, 4) is 0 Å². The van der Waals surface area contributed by atoms with Crippen LogP contribution in [-0.2, 0) is 21.4 Å². The predicted molar refractivity (Wildman–Crippen MR) is 147 cm³/mol. The second kappa shape index (κ2) is 9.40. The van der Waals surface area contributed by atoms with Gasteiger partial charge in [-0.15, -0.1) is 0 Å². The second-order valence-corrected chi connectivity index (χ2v) is 10.8. The third kappa shape index (κ3) is 4.57. The lowest BCUT2D eigenvalue weighted by atomic mass is 9.85. The number of likely N-dealkylation sites (tertiary alicyclic amines) is 1. The van der Waals surface area contributed by atoms with Crippen LogP contribution in [0.25, 0.3) is 16.7 Å². The van der Waals surface area contributed by atoms with E-state index in [0.29, 0.717) is 18.5 Å². The maximum Gasteiger partial charge on any atom is 0.295 e. The first-order valence-electron chi connectivity index (χ1n) is 12.7. The van der Waals surface area contributed by atoms with Crippen molar-refractivity contribution in [1.82, 2.24) is 9.88 Å². The van der Waals surface area contributed by atoms with Gasteiger partial charge in [-0.25, -0.2) is 0 Å². The molecule has 1 fully saturated rings. The number of aliphatic hydroxyl groups excluding tert-OH is 1. The molecule has 1 aromatic heterocycles. The maximum atomic E-state index is 13.4. The molecule has 1 unspecified atom stereocenters. The number of Topliss-reactive ketones (excluding diaryl/α,β-unsaturated/α-hetero) is 1. The molecule has 2 heterocycles. The number of hydrogen-bond donors (Lipinski definition) is 2. The zero-order valence-electron chi connectivity index (χ0n) is 21.7. The molecule has 3 aromatic carbocycles. The molecule has 1 atom stereocenters. The largest absolute Gasteiger partial charge is 0.507 e. The minimum Gasteiger partial charge on any atom is -0.507 e. The van der Waals surface area contributed by atoms with Crippen LogP contribution >= 0.6 is 0 Å². The average Bonchev–Trinajstić information content (AvgIpc) is 3.41. The lowest BCUT2D eigenvalue weighted by molar-refractivity contribution is -0.139. The van der Waals surface area contributed by atoms with Crippen molar-refractivity contribution in [2.45, 2.75) is 45.6 Å². The molecule has 0 aliphatic carbocycles. The molecule has 0 bridgehead atoms. The van der Waals surface area contributed by atoms with Crippen molar-refractivity contribution in [2.24, 2.45) is 0 Å². The summed E-state index contributed by atoms with van der Waals surface area (Å²) in [6, 6.07) is 22.7. The first-order chi connectivity index (χ1) is 17.6. The van der Waals surface area contributed by atoms with Crippen LogP contribution in [-0.4, -0.2) is 33.2 Å². The summed E-state index contributed by atoms with van der Waals surface area (Å²) in [5, 5.41) is 12.4. The molecule has 5 heteroatoms. The fourth-order valence-corrected chi connectivity index (χ4v) is 5.07. The molecule has 1 saturated heterocycles. The molecule has 188 valence electrons. The minimum absolute atomic E-state index is 0.0302. The molecule has 2 N–H and O–H groups in total. The zero-order valence-corrected chi connectivity index (χ0v) is 21.7. The molecule has 5 nitrogen and oxygen atoms in total. The number of carbonyl (C=O) groups is 2. The van der Waals surface area contributed by atoms with E-state index in [1.165, 1.54) is 0 Å². The standard InChI is InChI=1S/C32H32N2O3/c1-20-9-11-22(12-10-20)29(35)27-28(21-13-15-24(16-14-21)32(2,3)4)34(31(37)30(27)36)18-17-23-19-33-26-8-6-5-7-25(23)26/h5-16,19,28,33,35H,17-18H2,1-4H3. The van der Waals surface area contributed by atoms with Crippen molar-refractivity contribution in [3.63, 3.8) is 0 Å². The third-order valence-electron chi connectivity index (χ3n) is 7.25. The maximum absolute atomic E-state index is 13.4. The Morgan fingerprint density at radius 3 is 2.30 bits per heavy atom. The number of benzene rings is 3. The molecule has 37 heavy (non-hydrogen) atoms. The number of aromatic nitrogens is 1. The van der Waals surface area contributed by atoms with E-state index in [1.807, 2.05) is 67.7 Å². The Bertz CT molecular complexity index is 1500. The van der Waals surface area contributed by atoms with Gasteiger partial charge in [-0.1, -0.05) is 93.1 Å². The van der Waals surface area contributed by atoms with Crippen LogP contribution in [0.2, 0.25) is 0 Å². The minimum atomic E-state index is -0.666. The highest BCUT2D eigenvalue weighted by Gasteiger charge is 2.46.